The van der Waals surface area contributed by atoms with Crippen LogP contribution in [0.25, 0.3) is 0 Å². The second-order valence-corrected chi connectivity index (χ2v) is 3.66. The average molecular weight is 230 g/mol. The van der Waals surface area contributed by atoms with Gasteiger partial charge in [0.25, 0.3) is 0 Å². The van der Waals surface area contributed by atoms with Crippen LogP contribution in [0.3, 0.4) is 0 Å². The van der Waals surface area contributed by atoms with Gasteiger partial charge in [0.15, 0.2) is 16.1 Å². The highest BCUT2D eigenvalue weighted by Crippen LogP contribution is 2.16. The molecule has 0 aromatic carbocycles. The number of nitrogens with zero attached hydrogens (tertiary/aromatic N) is 3. The third-order valence-corrected chi connectivity index (χ3v) is 2.24. The molecule has 1 unspecified atom stereocenters. The third-order valence-electron chi connectivity index (χ3n) is 1.84. The predicted octanol–water partition coefficient (Wildman–Crippen LogP) is 0.110. The Morgan fingerprint density at radius 3 is 2.50 bits per heavy atom. The fourth-order valence-corrected chi connectivity index (χ4v) is 1.72. The average Bonchev–Trinajstić information content (AvgIpc) is 2.18. The summed E-state index contributed by atoms with van der Waals surface area (Å²) >= 11 is 8.11. The van der Waals surface area contributed by atoms with Crippen molar-refractivity contribution in [2.45, 2.75) is 16.4 Å². The molecule has 2 heterocycles. The lowest BCUT2D eigenvalue weighted by atomic mass is 10.3. The Bertz CT molecular complexity index is 309. The second kappa shape index (κ2) is 4.43. The number of nitrogens with one attached hydrogen (secondary N) is 1. The van der Waals surface area contributed by atoms with Gasteiger partial charge in [-0.05, 0) is 0 Å². The lowest BCUT2D eigenvalue weighted by Gasteiger charge is -2.22. The molecule has 1 N–H and O–H groups in total. The molecule has 1 saturated heterocycles. The van der Waals surface area contributed by atoms with Crippen LogP contribution in [0.1, 0.15) is 11.9 Å². The number of morpholine rings is 1. The molecule has 7 heteroatoms. The summed E-state index contributed by atoms with van der Waals surface area (Å²) < 4.78 is 5.49. The highest BCUT2D eigenvalue weighted by molar-refractivity contribution is 7.80. The summed E-state index contributed by atoms with van der Waals surface area (Å²) in [4.78, 5) is 12.0. The minimum Gasteiger partial charge on any atom is -0.368 e. The van der Waals surface area contributed by atoms with Gasteiger partial charge in [-0.1, -0.05) is 0 Å². The molecular weight excluding hydrogens is 220 g/mol. The highest BCUT2D eigenvalue weighted by atomic mass is 32.1. The van der Waals surface area contributed by atoms with Crippen molar-refractivity contribution in [3.05, 3.63) is 5.82 Å². The summed E-state index contributed by atoms with van der Waals surface area (Å²) in [6.45, 7) is 2.24. The van der Waals surface area contributed by atoms with Crippen LogP contribution < -0.4 is 5.32 Å². The van der Waals surface area contributed by atoms with E-state index >= 15 is 0 Å². The molecule has 0 radical (unpaired) electrons. The van der Waals surface area contributed by atoms with Crippen molar-refractivity contribution in [1.82, 2.24) is 20.3 Å². The maximum absolute atomic E-state index is 5.49. The van der Waals surface area contributed by atoms with Gasteiger partial charge in [-0.15, -0.1) is 25.3 Å². The summed E-state index contributed by atoms with van der Waals surface area (Å²) in [5.74, 6) is 0.585. The van der Waals surface area contributed by atoms with Crippen LogP contribution >= 0.6 is 25.3 Å². The zero-order valence-corrected chi connectivity index (χ0v) is 9.13. The molecule has 1 aliphatic rings. The molecule has 1 aromatic rings. The van der Waals surface area contributed by atoms with Crippen molar-refractivity contribution >= 4 is 25.3 Å². The zero-order chi connectivity index (χ0) is 9.97. The summed E-state index contributed by atoms with van der Waals surface area (Å²) in [6, 6.07) is 0. The van der Waals surface area contributed by atoms with Crippen LogP contribution in [0.2, 0.25) is 0 Å². The monoisotopic (exact) mass is 230 g/mol. The summed E-state index contributed by atoms with van der Waals surface area (Å²) in [5, 5.41) is 3.94. The Morgan fingerprint density at radius 1 is 1.21 bits per heavy atom. The molecule has 1 aromatic heterocycles. The Hall–Kier alpha value is -0.370. The molecule has 5 nitrogen and oxygen atoms in total. The van der Waals surface area contributed by atoms with Crippen LogP contribution in [0.5, 0.6) is 0 Å². The number of aromatic nitrogens is 3. The molecule has 0 bridgehead atoms. The molecule has 1 atom stereocenters. The van der Waals surface area contributed by atoms with E-state index in [1.165, 1.54) is 0 Å². The molecule has 0 amide bonds. The normalized spacial score (nSPS) is 22.3. The van der Waals surface area contributed by atoms with Crippen molar-refractivity contribution in [1.29, 1.82) is 0 Å². The molecule has 14 heavy (non-hydrogen) atoms. The fourth-order valence-electron chi connectivity index (χ4n) is 1.24. The maximum atomic E-state index is 5.49. The van der Waals surface area contributed by atoms with Crippen molar-refractivity contribution < 1.29 is 4.74 Å². The Kier molecular flexibility index (Phi) is 3.22. The van der Waals surface area contributed by atoms with Crippen molar-refractivity contribution in [3.63, 3.8) is 0 Å². The molecule has 0 aliphatic carbocycles. The molecular formula is C7H10N4OS2. The van der Waals surface area contributed by atoms with Gasteiger partial charge in [0.1, 0.15) is 6.10 Å². The van der Waals surface area contributed by atoms with Gasteiger partial charge in [0.2, 0.25) is 0 Å². The van der Waals surface area contributed by atoms with Gasteiger partial charge in [0, 0.05) is 13.1 Å². The van der Waals surface area contributed by atoms with E-state index in [0.29, 0.717) is 29.3 Å². The van der Waals surface area contributed by atoms with Gasteiger partial charge >= 0.3 is 0 Å². The van der Waals surface area contributed by atoms with Crippen LogP contribution in [0.4, 0.5) is 0 Å². The first-order valence-corrected chi connectivity index (χ1v) is 5.11. The fraction of sp³-hybridized carbons (Fsp3) is 0.571. The molecule has 76 valence electrons. The van der Waals surface area contributed by atoms with Crippen LogP contribution in [-0.4, -0.2) is 34.6 Å². The van der Waals surface area contributed by atoms with Crippen molar-refractivity contribution in [2.24, 2.45) is 0 Å². The first-order chi connectivity index (χ1) is 6.75. The number of thiol groups is 2. The first kappa shape index (κ1) is 10.2. The van der Waals surface area contributed by atoms with Gasteiger partial charge in [0.05, 0.1) is 6.61 Å². The molecule has 0 saturated carbocycles. The largest absolute Gasteiger partial charge is 0.368 e. The molecule has 0 spiro atoms. The van der Waals surface area contributed by atoms with E-state index in [0.717, 1.165) is 6.54 Å². The zero-order valence-electron chi connectivity index (χ0n) is 7.34. The number of rotatable bonds is 1. The summed E-state index contributed by atoms with van der Waals surface area (Å²) in [5.41, 5.74) is 0. The topological polar surface area (TPSA) is 59.9 Å². The van der Waals surface area contributed by atoms with Gasteiger partial charge in [-0.2, -0.15) is 4.98 Å². The number of hydrogen-bond donors (Lipinski definition) is 3. The standard InChI is InChI=1S/C7H10N4OS2/c13-6-9-5(10-7(14)11-6)4-3-8-1-2-12-4/h4,8H,1-3H2,(H2,9,10,11,13,14). The number of hydrogen-bond acceptors (Lipinski definition) is 7. The van der Waals surface area contributed by atoms with E-state index in [-0.39, 0.29) is 6.10 Å². The maximum Gasteiger partial charge on any atom is 0.188 e. The van der Waals surface area contributed by atoms with E-state index in [1.807, 2.05) is 0 Å². The van der Waals surface area contributed by atoms with Crippen LogP contribution in [0.15, 0.2) is 10.3 Å². The van der Waals surface area contributed by atoms with Crippen molar-refractivity contribution in [2.75, 3.05) is 19.7 Å². The highest BCUT2D eigenvalue weighted by Gasteiger charge is 2.19. The van der Waals surface area contributed by atoms with E-state index in [9.17, 15) is 0 Å². The first-order valence-electron chi connectivity index (χ1n) is 4.22. The van der Waals surface area contributed by atoms with E-state index < -0.39 is 0 Å². The van der Waals surface area contributed by atoms with Gasteiger partial charge in [-0.3, -0.25) is 0 Å². The Balaban J connectivity index is 2.21. The summed E-state index contributed by atoms with van der Waals surface area (Å²) in [6.07, 6.45) is -0.122. The second-order valence-electron chi connectivity index (χ2n) is 2.86. The molecule has 1 aliphatic heterocycles. The van der Waals surface area contributed by atoms with Crippen LogP contribution in [0, 0.1) is 0 Å². The quantitative estimate of drug-likeness (QED) is 0.598. The summed E-state index contributed by atoms with van der Waals surface area (Å²) in [7, 11) is 0. The van der Waals surface area contributed by atoms with E-state index in [1.54, 1.807) is 0 Å². The minimum atomic E-state index is -0.122. The Labute approximate surface area is 92.5 Å². The SMILES string of the molecule is Sc1nc(S)nc(C2CNCCO2)n1. The Morgan fingerprint density at radius 2 is 1.93 bits per heavy atom. The van der Waals surface area contributed by atoms with Gasteiger partial charge < -0.3 is 10.1 Å². The number of ether oxygens (including phenoxy) is 1. The van der Waals surface area contributed by atoms with Crippen LogP contribution in [-0.2, 0) is 4.74 Å². The third kappa shape index (κ3) is 2.35. The smallest absolute Gasteiger partial charge is 0.188 e. The minimum absolute atomic E-state index is 0.122. The lowest BCUT2D eigenvalue weighted by Crippen LogP contribution is -2.34. The lowest BCUT2D eigenvalue weighted by molar-refractivity contribution is 0.0210. The predicted molar refractivity (Wildman–Crippen MR) is 55.9 cm³/mol. The van der Waals surface area contributed by atoms with E-state index in [2.05, 4.69) is 45.5 Å². The van der Waals surface area contributed by atoms with Crippen molar-refractivity contribution in [3.8, 4) is 0 Å². The molecule has 2 rings (SSSR count). The van der Waals surface area contributed by atoms with E-state index in [4.69, 9.17) is 4.74 Å². The molecule has 1 fully saturated rings. The van der Waals surface area contributed by atoms with Gasteiger partial charge in [-0.25, -0.2) is 9.97 Å².